The van der Waals surface area contributed by atoms with Gasteiger partial charge in [0, 0.05) is 18.1 Å². The van der Waals surface area contributed by atoms with Crippen molar-refractivity contribution in [2.45, 2.75) is 17.2 Å². The van der Waals surface area contributed by atoms with Crippen LogP contribution in [0.25, 0.3) is 5.65 Å². The maximum atomic E-state index is 13.7. The third-order valence-corrected chi connectivity index (χ3v) is 5.04. The summed E-state index contributed by atoms with van der Waals surface area (Å²) in [7, 11) is 2.87. The van der Waals surface area contributed by atoms with Crippen LogP contribution in [0.2, 0.25) is 5.02 Å². The molecule has 0 saturated heterocycles. The highest BCUT2D eigenvalue weighted by atomic mass is 35.5. The molecule has 0 saturated carbocycles. The van der Waals surface area contributed by atoms with E-state index >= 15 is 0 Å². The topological polar surface area (TPSA) is 42.5 Å². The van der Waals surface area contributed by atoms with E-state index in [0.29, 0.717) is 15.7 Å². The second-order valence-electron chi connectivity index (χ2n) is 5.59. The van der Waals surface area contributed by atoms with Crippen LogP contribution in [-0.4, -0.2) is 31.7 Å². The molecule has 0 radical (unpaired) electrons. The number of rotatable bonds is 4. The zero-order valence-electron chi connectivity index (χ0n) is 13.7. The smallest absolute Gasteiger partial charge is 0.268 e. The van der Waals surface area contributed by atoms with Crippen molar-refractivity contribution >= 4 is 29.2 Å². The van der Waals surface area contributed by atoms with Crippen LogP contribution < -0.4 is 5.56 Å². The molecule has 1 aromatic carbocycles. The van der Waals surface area contributed by atoms with Gasteiger partial charge in [-0.25, -0.2) is 18.5 Å². The van der Waals surface area contributed by atoms with Crippen molar-refractivity contribution in [3.63, 3.8) is 0 Å². The number of halogens is 4. The lowest BCUT2D eigenvalue weighted by Gasteiger charge is -2.29. The summed E-state index contributed by atoms with van der Waals surface area (Å²) in [5, 5.41) is 0.757. The maximum absolute atomic E-state index is 13.7. The summed E-state index contributed by atoms with van der Waals surface area (Å²) < 4.78 is 44.9. The van der Waals surface area contributed by atoms with Gasteiger partial charge in [0.2, 0.25) is 0 Å². The number of imidazole rings is 1. The van der Waals surface area contributed by atoms with Crippen LogP contribution in [0, 0.1) is 0 Å². The first kappa shape index (κ1) is 18.8. The van der Waals surface area contributed by atoms with E-state index in [0.717, 1.165) is 16.3 Å². The normalized spacial score (nSPS) is 13.5. The average molecular weight is 403 g/mol. The minimum absolute atomic E-state index is 0.0691. The molecule has 1 atom stereocenters. The minimum atomic E-state index is -4.50. The SMILES string of the molecule is CN(Sc1cnc2ccc(=O)n(C)n12)[C@H](c1ccc(Cl)cc1)C(F)(F)F. The molecule has 0 fully saturated rings. The van der Waals surface area contributed by atoms with E-state index in [1.807, 2.05) is 0 Å². The predicted molar refractivity (Wildman–Crippen MR) is 94.3 cm³/mol. The Labute approximate surface area is 156 Å². The Bertz CT molecular complexity index is 984. The van der Waals surface area contributed by atoms with E-state index < -0.39 is 12.2 Å². The number of nitrogens with zero attached hydrogens (tertiary/aromatic N) is 4. The highest BCUT2D eigenvalue weighted by molar-refractivity contribution is 7.97. The van der Waals surface area contributed by atoms with Crippen LogP contribution in [0.4, 0.5) is 13.2 Å². The maximum Gasteiger partial charge on any atom is 0.408 e. The Morgan fingerprint density at radius 2 is 1.85 bits per heavy atom. The number of hydrogen-bond donors (Lipinski definition) is 0. The first-order chi connectivity index (χ1) is 12.2. The fourth-order valence-corrected chi connectivity index (χ4v) is 3.78. The lowest BCUT2D eigenvalue weighted by molar-refractivity contribution is -0.169. The average Bonchev–Trinajstić information content (AvgIpc) is 2.95. The van der Waals surface area contributed by atoms with Gasteiger partial charge in [-0.2, -0.15) is 13.2 Å². The Morgan fingerprint density at radius 1 is 1.19 bits per heavy atom. The van der Waals surface area contributed by atoms with E-state index in [9.17, 15) is 18.0 Å². The van der Waals surface area contributed by atoms with Gasteiger partial charge in [0.05, 0.1) is 6.20 Å². The molecular weight excluding hydrogens is 389 g/mol. The molecule has 0 spiro atoms. The number of alkyl halides is 3. The van der Waals surface area contributed by atoms with Gasteiger partial charge in [0.25, 0.3) is 5.56 Å². The second-order valence-corrected chi connectivity index (χ2v) is 7.21. The van der Waals surface area contributed by atoms with Crippen LogP contribution in [0.3, 0.4) is 0 Å². The van der Waals surface area contributed by atoms with Gasteiger partial charge >= 0.3 is 6.18 Å². The van der Waals surface area contributed by atoms with Crippen molar-refractivity contribution in [1.29, 1.82) is 0 Å². The van der Waals surface area contributed by atoms with Gasteiger partial charge in [-0.15, -0.1) is 0 Å². The molecule has 3 aromatic rings. The zero-order valence-corrected chi connectivity index (χ0v) is 15.3. The molecule has 2 aromatic heterocycles. The van der Waals surface area contributed by atoms with Gasteiger partial charge in [-0.05, 0) is 42.8 Å². The van der Waals surface area contributed by atoms with E-state index in [-0.39, 0.29) is 11.1 Å². The van der Waals surface area contributed by atoms with E-state index in [1.54, 1.807) is 0 Å². The molecule has 0 bridgehead atoms. The highest BCUT2D eigenvalue weighted by Gasteiger charge is 2.44. The quantitative estimate of drug-likeness (QED) is 0.620. The highest BCUT2D eigenvalue weighted by Crippen LogP contribution is 2.41. The summed E-state index contributed by atoms with van der Waals surface area (Å²) in [5.74, 6) is 0. The first-order valence-corrected chi connectivity index (χ1v) is 8.60. The van der Waals surface area contributed by atoms with Crippen LogP contribution in [0.15, 0.2) is 52.4 Å². The summed E-state index contributed by atoms with van der Waals surface area (Å²) in [4.78, 5) is 16.0. The molecule has 0 aliphatic heterocycles. The summed E-state index contributed by atoms with van der Waals surface area (Å²) in [5.41, 5.74) is 0.253. The largest absolute Gasteiger partial charge is 0.408 e. The van der Waals surface area contributed by atoms with Crippen molar-refractivity contribution in [1.82, 2.24) is 18.5 Å². The molecule has 10 heteroatoms. The minimum Gasteiger partial charge on any atom is -0.268 e. The van der Waals surface area contributed by atoms with Gasteiger partial charge in [0.1, 0.15) is 11.1 Å². The number of hydrogen-bond acceptors (Lipinski definition) is 4. The van der Waals surface area contributed by atoms with Crippen molar-refractivity contribution in [3.8, 4) is 0 Å². The first-order valence-electron chi connectivity index (χ1n) is 7.45. The van der Waals surface area contributed by atoms with Crippen LogP contribution >= 0.6 is 23.5 Å². The lowest BCUT2D eigenvalue weighted by atomic mass is 10.1. The molecule has 138 valence electrons. The summed E-state index contributed by atoms with van der Waals surface area (Å²) in [6, 6.07) is 6.57. The molecule has 5 nitrogen and oxygen atoms in total. The zero-order chi connectivity index (χ0) is 19.1. The molecule has 26 heavy (non-hydrogen) atoms. The van der Waals surface area contributed by atoms with Crippen LogP contribution in [-0.2, 0) is 7.05 Å². The Balaban J connectivity index is 1.99. The van der Waals surface area contributed by atoms with Crippen LogP contribution in [0.1, 0.15) is 11.6 Å². The molecule has 3 rings (SSSR count). The molecule has 0 aliphatic carbocycles. The monoisotopic (exact) mass is 402 g/mol. The van der Waals surface area contributed by atoms with E-state index in [2.05, 4.69) is 4.98 Å². The number of benzene rings is 1. The summed E-state index contributed by atoms with van der Waals surface area (Å²) in [6.45, 7) is 0. The standard InChI is InChI=1S/C16H14ClF3N4OS/c1-22-13(25)8-7-12-21-9-14(24(12)22)26-23(2)15(16(18,19)20)10-3-5-11(17)6-4-10/h3-9,15H,1-2H3/t15-/m1/s1. The molecule has 0 unspecified atom stereocenters. The Kier molecular flexibility index (Phi) is 5.05. The van der Waals surface area contributed by atoms with E-state index in [4.69, 9.17) is 11.6 Å². The van der Waals surface area contributed by atoms with Gasteiger partial charge < -0.3 is 0 Å². The summed E-state index contributed by atoms with van der Waals surface area (Å²) in [6.07, 6.45) is -3.06. The number of fused-ring (bicyclic) bond motifs is 1. The molecular formula is C16H14ClF3N4OS. The van der Waals surface area contributed by atoms with Crippen molar-refractivity contribution in [2.24, 2.45) is 7.05 Å². The Hall–Kier alpha value is -1.97. The molecule has 0 aliphatic rings. The second kappa shape index (κ2) is 6.98. The molecule has 0 N–H and O–H groups in total. The van der Waals surface area contributed by atoms with Gasteiger partial charge in [0.15, 0.2) is 5.65 Å². The van der Waals surface area contributed by atoms with Gasteiger partial charge in [-0.3, -0.25) is 4.79 Å². The fourth-order valence-electron chi connectivity index (χ4n) is 2.62. The van der Waals surface area contributed by atoms with Crippen molar-refractivity contribution in [2.75, 3.05) is 7.05 Å². The molecule has 2 heterocycles. The fraction of sp³-hybridized carbons (Fsp3) is 0.250. The van der Waals surface area contributed by atoms with E-state index in [1.165, 1.54) is 65.9 Å². The van der Waals surface area contributed by atoms with Crippen LogP contribution in [0.5, 0.6) is 0 Å². The third-order valence-electron chi connectivity index (χ3n) is 3.82. The lowest BCUT2D eigenvalue weighted by Crippen LogP contribution is -2.32. The summed E-state index contributed by atoms with van der Waals surface area (Å²) >= 11 is 6.64. The molecule has 0 amide bonds. The number of aryl methyl sites for hydroxylation is 1. The predicted octanol–water partition coefficient (Wildman–Crippen LogP) is 3.93. The van der Waals surface area contributed by atoms with Crippen molar-refractivity contribution < 1.29 is 13.2 Å². The number of aromatic nitrogens is 3. The van der Waals surface area contributed by atoms with Gasteiger partial charge in [-0.1, -0.05) is 23.7 Å². The third kappa shape index (κ3) is 3.60. The van der Waals surface area contributed by atoms with Crippen molar-refractivity contribution in [3.05, 3.63) is 63.5 Å². The Morgan fingerprint density at radius 3 is 2.46 bits per heavy atom.